The topological polar surface area (TPSA) is 96.0 Å². The molecule has 1 aromatic carbocycles. The van der Waals surface area contributed by atoms with E-state index in [1.807, 2.05) is 17.0 Å². The van der Waals surface area contributed by atoms with Crippen LogP contribution < -0.4 is 5.32 Å². The maximum absolute atomic E-state index is 14.0. The first-order chi connectivity index (χ1) is 18.1. The van der Waals surface area contributed by atoms with Gasteiger partial charge in [-0.2, -0.15) is 0 Å². The first-order valence-corrected chi connectivity index (χ1v) is 16.3. The molecule has 0 bridgehead atoms. The van der Waals surface area contributed by atoms with E-state index < -0.39 is 21.5 Å². The highest BCUT2D eigenvalue weighted by atomic mass is 32.2. The van der Waals surface area contributed by atoms with Gasteiger partial charge in [0.1, 0.15) is 12.3 Å². The van der Waals surface area contributed by atoms with Crippen molar-refractivity contribution in [2.45, 2.75) is 113 Å². The Kier molecular flexibility index (Phi) is 7.91. The molecule has 2 amide bonds. The first kappa shape index (κ1) is 27.6. The van der Waals surface area contributed by atoms with E-state index >= 15 is 0 Å². The molecule has 8 nitrogen and oxygen atoms in total. The molecule has 3 heterocycles. The van der Waals surface area contributed by atoms with Crippen LogP contribution in [0.5, 0.6) is 0 Å². The molecule has 0 spiro atoms. The van der Waals surface area contributed by atoms with Gasteiger partial charge in [-0.05, 0) is 69.1 Å². The highest BCUT2D eigenvalue weighted by Crippen LogP contribution is 2.49. The maximum Gasteiger partial charge on any atom is 0.253 e. The molecule has 5 atom stereocenters. The van der Waals surface area contributed by atoms with E-state index in [9.17, 15) is 18.0 Å². The van der Waals surface area contributed by atoms with Crippen LogP contribution in [0.1, 0.15) is 89.7 Å². The lowest BCUT2D eigenvalue weighted by Gasteiger charge is -2.64. The lowest BCUT2D eigenvalue weighted by atomic mass is 9.67. The molecule has 210 valence electrons. The Morgan fingerprint density at radius 2 is 1.68 bits per heavy atom. The Morgan fingerprint density at radius 1 is 1.00 bits per heavy atom. The summed E-state index contributed by atoms with van der Waals surface area (Å²) in [6, 6.07) is 6.97. The van der Waals surface area contributed by atoms with Crippen LogP contribution in [0, 0.1) is 5.92 Å². The maximum atomic E-state index is 14.0. The second-order valence-corrected chi connectivity index (χ2v) is 13.9. The minimum atomic E-state index is -3.28. The van der Waals surface area contributed by atoms with Gasteiger partial charge in [0.2, 0.25) is 5.91 Å². The number of piperazine rings is 1. The summed E-state index contributed by atoms with van der Waals surface area (Å²) in [6.45, 7) is 4.85. The SMILES string of the molecule is CC(=O)N1[C@@H](C)CN(C(=O)C2CCCO2)C2NC(c3ccc(S(C)(=O)=O)cc3)CCC21C1CCCCCC1. The summed E-state index contributed by atoms with van der Waals surface area (Å²) in [5, 5.41) is 3.85. The van der Waals surface area contributed by atoms with Gasteiger partial charge < -0.3 is 14.5 Å². The average molecular weight is 546 g/mol. The highest BCUT2D eigenvalue weighted by molar-refractivity contribution is 7.90. The zero-order valence-electron chi connectivity index (χ0n) is 23.0. The van der Waals surface area contributed by atoms with Crippen molar-refractivity contribution < 1.29 is 22.7 Å². The van der Waals surface area contributed by atoms with E-state index in [1.54, 1.807) is 19.1 Å². The Morgan fingerprint density at radius 3 is 2.26 bits per heavy atom. The quantitative estimate of drug-likeness (QED) is 0.578. The molecule has 9 heteroatoms. The molecule has 1 N–H and O–H groups in total. The van der Waals surface area contributed by atoms with Gasteiger partial charge in [0.25, 0.3) is 5.91 Å². The van der Waals surface area contributed by atoms with Gasteiger partial charge in [-0.25, -0.2) is 8.42 Å². The number of piperidine rings is 1. The van der Waals surface area contributed by atoms with E-state index in [1.165, 1.54) is 19.1 Å². The highest BCUT2D eigenvalue weighted by Gasteiger charge is 2.60. The van der Waals surface area contributed by atoms with Crippen molar-refractivity contribution in [1.82, 2.24) is 15.1 Å². The van der Waals surface area contributed by atoms with Crippen molar-refractivity contribution >= 4 is 21.7 Å². The normalized spacial score (nSPS) is 33.0. The van der Waals surface area contributed by atoms with Crippen LogP contribution >= 0.6 is 0 Å². The number of hydrogen-bond acceptors (Lipinski definition) is 6. The van der Waals surface area contributed by atoms with Crippen molar-refractivity contribution in [1.29, 1.82) is 0 Å². The number of amides is 2. The molecule has 0 radical (unpaired) electrons. The van der Waals surface area contributed by atoms with E-state index in [0.717, 1.165) is 56.9 Å². The van der Waals surface area contributed by atoms with Crippen molar-refractivity contribution in [3.05, 3.63) is 29.8 Å². The molecule has 4 aliphatic rings. The van der Waals surface area contributed by atoms with Crippen molar-refractivity contribution in [3.63, 3.8) is 0 Å². The second-order valence-electron chi connectivity index (χ2n) is 11.9. The van der Waals surface area contributed by atoms with Crippen LogP contribution in [-0.4, -0.2) is 73.3 Å². The molecular formula is C29H43N3O5S. The number of carbonyl (C=O) groups excluding carboxylic acids is 2. The minimum Gasteiger partial charge on any atom is -0.368 e. The molecular weight excluding hydrogens is 502 g/mol. The van der Waals surface area contributed by atoms with Gasteiger partial charge in [0.15, 0.2) is 9.84 Å². The standard InChI is InChI=1S/C29H43N3O5S/c1-20-19-31(27(34)26-11-8-18-37-26)28-29(32(20)21(2)33,23-9-6-4-5-7-10-23)17-16-25(30-28)22-12-14-24(15-13-22)38(3,35)36/h12-15,20,23,25-26,28,30H,4-11,16-19H2,1-3H3/t20-,25?,26?,28?,29?/m0/s1. The van der Waals surface area contributed by atoms with E-state index in [0.29, 0.717) is 24.0 Å². The molecule has 5 rings (SSSR count). The molecule has 3 saturated heterocycles. The van der Waals surface area contributed by atoms with Gasteiger partial charge in [0, 0.05) is 38.4 Å². The first-order valence-electron chi connectivity index (χ1n) is 14.4. The number of carbonyl (C=O) groups is 2. The average Bonchev–Trinajstić information content (AvgIpc) is 3.28. The summed E-state index contributed by atoms with van der Waals surface area (Å²) in [7, 11) is -3.28. The predicted octanol–water partition coefficient (Wildman–Crippen LogP) is 3.81. The van der Waals surface area contributed by atoms with Crippen LogP contribution in [0.15, 0.2) is 29.2 Å². The Hall–Kier alpha value is -1.97. The minimum absolute atomic E-state index is 0.0288. The largest absolute Gasteiger partial charge is 0.368 e. The number of rotatable bonds is 4. The summed E-state index contributed by atoms with van der Waals surface area (Å²) in [4.78, 5) is 31.7. The smallest absolute Gasteiger partial charge is 0.253 e. The van der Waals surface area contributed by atoms with E-state index in [4.69, 9.17) is 4.74 Å². The number of hydrogen-bond donors (Lipinski definition) is 1. The molecule has 1 aliphatic carbocycles. The molecule has 4 unspecified atom stereocenters. The van der Waals surface area contributed by atoms with Crippen molar-refractivity contribution in [3.8, 4) is 0 Å². The number of fused-ring (bicyclic) bond motifs is 1. The monoisotopic (exact) mass is 545 g/mol. The fourth-order valence-electron chi connectivity index (χ4n) is 7.82. The molecule has 1 saturated carbocycles. The Bertz CT molecular complexity index is 1130. The number of nitrogens with zero attached hydrogens (tertiary/aromatic N) is 2. The number of nitrogens with one attached hydrogen (secondary N) is 1. The molecule has 1 aromatic rings. The fourth-order valence-corrected chi connectivity index (χ4v) is 8.45. The summed E-state index contributed by atoms with van der Waals surface area (Å²) in [5.41, 5.74) is 0.523. The van der Waals surface area contributed by atoms with Gasteiger partial charge in [0.05, 0.1) is 10.4 Å². The van der Waals surface area contributed by atoms with E-state index in [-0.39, 0.29) is 30.1 Å². The van der Waals surface area contributed by atoms with Gasteiger partial charge in [-0.3, -0.25) is 14.9 Å². The van der Waals surface area contributed by atoms with Crippen LogP contribution in [-0.2, 0) is 24.2 Å². The second kappa shape index (κ2) is 10.9. The summed E-state index contributed by atoms with van der Waals surface area (Å²) in [5.74, 6) is 0.414. The summed E-state index contributed by atoms with van der Waals surface area (Å²) >= 11 is 0. The van der Waals surface area contributed by atoms with Crippen molar-refractivity contribution in [2.75, 3.05) is 19.4 Å². The Labute approximate surface area is 227 Å². The van der Waals surface area contributed by atoms with Gasteiger partial charge in [-0.1, -0.05) is 37.8 Å². The van der Waals surface area contributed by atoms with Crippen LogP contribution in [0.4, 0.5) is 0 Å². The van der Waals surface area contributed by atoms with Crippen LogP contribution in [0.25, 0.3) is 0 Å². The van der Waals surface area contributed by atoms with Crippen LogP contribution in [0.3, 0.4) is 0 Å². The lowest BCUT2D eigenvalue weighted by Crippen LogP contribution is -2.80. The zero-order valence-corrected chi connectivity index (χ0v) is 23.8. The number of sulfone groups is 1. The van der Waals surface area contributed by atoms with Gasteiger partial charge in [-0.15, -0.1) is 0 Å². The fraction of sp³-hybridized carbons (Fsp3) is 0.724. The lowest BCUT2D eigenvalue weighted by molar-refractivity contribution is -0.185. The van der Waals surface area contributed by atoms with Gasteiger partial charge >= 0.3 is 0 Å². The number of ether oxygens (including phenoxy) is 1. The third-order valence-corrected chi connectivity index (χ3v) is 10.6. The zero-order chi connectivity index (χ0) is 27.1. The third kappa shape index (κ3) is 5.02. The molecule has 38 heavy (non-hydrogen) atoms. The Balaban J connectivity index is 1.56. The van der Waals surface area contributed by atoms with Crippen molar-refractivity contribution in [2.24, 2.45) is 5.92 Å². The van der Waals surface area contributed by atoms with E-state index in [2.05, 4.69) is 17.1 Å². The molecule has 0 aromatic heterocycles. The van der Waals surface area contributed by atoms with Crippen LogP contribution in [0.2, 0.25) is 0 Å². The summed E-state index contributed by atoms with van der Waals surface area (Å²) < 4.78 is 29.9. The number of benzene rings is 1. The predicted molar refractivity (Wildman–Crippen MR) is 145 cm³/mol. The molecule has 3 aliphatic heterocycles. The summed E-state index contributed by atoms with van der Waals surface area (Å²) in [6.07, 6.45) is 10.6. The molecule has 4 fully saturated rings. The third-order valence-electron chi connectivity index (χ3n) is 9.43.